The molecule has 5 aromatic carbocycles. The van der Waals surface area contributed by atoms with Gasteiger partial charge in [-0.2, -0.15) is 0 Å². The van der Waals surface area contributed by atoms with Crippen LogP contribution in [0, 0.1) is 0 Å². The van der Waals surface area contributed by atoms with Crippen LogP contribution in [0.15, 0.2) is 78.9 Å². The largest absolute Gasteiger partial charge is 3.00 e. The summed E-state index contributed by atoms with van der Waals surface area (Å²) in [7, 11) is 0. The van der Waals surface area contributed by atoms with Gasteiger partial charge in [0.25, 0.3) is 0 Å². The third kappa shape index (κ3) is 2.90. The molecule has 0 heterocycles. The molecule has 0 aliphatic heterocycles. The Kier molecular flexibility index (Phi) is 5.81. The van der Waals surface area contributed by atoms with E-state index < -0.39 is 0 Å². The van der Waals surface area contributed by atoms with Crippen LogP contribution in [0.3, 0.4) is 0 Å². The van der Waals surface area contributed by atoms with E-state index in [1.165, 1.54) is 43.1 Å². The first-order chi connectivity index (χ1) is 10.4. The Labute approximate surface area is 172 Å². The van der Waals surface area contributed by atoms with Gasteiger partial charge in [-0.1, -0.05) is 71.4 Å². The van der Waals surface area contributed by atoms with Gasteiger partial charge in [0.05, 0.1) is 0 Å². The Hall–Kier alpha value is -1.27. The van der Waals surface area contributed by atoms with Gasteiger partial charge in [0.1, 0.15) is 0 Å². The summed E-state index contributed by atoms with van der Waals surface area (Å²) >= 11 is 0. The van der Waals surface area contributed by atoms with E-state index in [-0.39, 0.29) is 51.0 Å². The minimum Gasteiger partial charge on any atom is -1.00 e. The van der Waals surface area contributed by atoms with Crippen LogP contribution in [0.2, 0.25) is 0 Å². The SMILES string of the molecule is [Cl-].[Cl-].[Zr+3].c1ccc2cc3c(cc2c1)[cH-]c1cc2ccccc2cc13. The van der Waals surface area contributed by atoms with Gasteiger partial charge in [-0.15, -0.1) is 39.7 Å². The maximum absolute atomic E-state index is 2.32. The maximum Gasteiger partial charge on any atom is 3.00 e. The van der Waals surface area contributed by atoms with Crippen molar-refractivity contribution in [1.29, 1.82) is 0 Å². The number of hydrogen-bond acceptors (Lipinski definition) is 0. The molecule has 0 aliphatic rings. The summed E-state index contributed by atoms with van der Waals surface area (Å²) in [6, 6.07) is 28.7. The molecule has 0 saturated heterocycles. The fourth-order valence-corrected chi connectivity index (χ4v) is 3.39. The summed E-state index contributed by atoms with van der Waals surface area (Å²) in [5, 5.41) is 10.6. The molecule has 0 nitrogen and oxygen atoms in total. The minimum atomic E-state index is 0. The Morgan fingerprint density at radius 3 is 1.21 bits per heavy atom. The van der Waals surface area contributed by atoms with E-state index in [1.807, 2.05) is 0 Å². The van der Waals surface area contributed by atoms with Crippen molar-refractivity contribution in [3.8, 4) is 0 Å². The molecular weight excluding hydrogens is 414 g/mol. The number of rotatable bonds is 0. The summed E-state index contributed by atoms with van der Waals surface area (Å²) in [5.74, 6) is 0. The molecule has 0 fully saturated rings. The molecule has 0 aromatic heterocycles. The maximum atomic E-state index is 2.32. The molecule has 0 unspecified atom stereocenters. The van der Waals surface area contributed by atoms with Crippen molar-refractivity contribution in [2.45, 2.75) is 0 Å². The molecule has 0 N–H and O–H groups in total. The number of halogens is 2. The van der Waals surface area contributed by atoms with Gasteiger partial charge < -0.3 is 24.8 Å². The van der Waals surface area contributed by atoms with Crippen molar-refractivity contribution >= 4 is 43.1 Å². The molecule has 5 rings (SSSR count). The van der Waals surface area contributed by atoms with E-state index in [4.69, 9.17) is 0 Å². The third-order valence-electron chi connectivity index (χ3n) is 4.44. The first-order valence-electron chi connectivity index (χ1n) is 7.29. The van der Waals surface area contributed by atoms with Crippen LogP contribution in [0.4, 0.5) is 0 Å². The van der Waals surface area contributed by atoms with E-state index in [2.05, 4.69) is 78.9 Å². The van der Waals surface area contributed by atoms with Gasteiger partial charge in [0.15, 0.2) is 0 Å². The fourth-order valence-electron chi connectivity index (χ4n) is 3.39. The van der Waals surface area contributed by atoms with Crippen LogP contribution in [0.25, 0.3) is 43.1 Å². The normalized spacial score (nSPS) is 10.3. The topological polar surface area (TPSA) is 0 Å². The first-order valence-corrected chi connectivity index (χ1v) is 7.29. The van der Waals surface area contributed by atoms with Crippen LogP contribution >= 0.6 is 0 Å². The molecule has 0 bridgehead atoms. The molecular formula is C21H13Cl2Zr. The van der Waals surface area contributed by atoms with Crippen molar-refractivity contribution in [3.05, 3.63) is 78.9 Å². The van der Waals surface area contributed by atoms with Gasteiger partial charge in [-0.05, 0) is 10.8 Å². The third-order valence-corrected chi connectivity index (χ3v) is 4.44. The Morgan fingerprint density at radius 2 is 0.833 bits per heavy atom. The molecule has 0 amide bonds. The fraction of sp³-hybridized carbons (Fsp3) is 0. The van der Waals surface area contributed by atoms with Crippen LogP contribution in [0.1, 0.15) is 0 Å². The number of hydrogen-bond donors (Lipinski definition) is 0. The zero-order valence-corrected chi connectivity index (χ0v) is 16.7. The number of benzene rings is 4. The standard InChI is InChI=1S/C21H13.2ClH.Zr/c1-3-7-16-12-20-18(9-14(16)5-1)11-19-10-15-6-2-4-8-17(15)13-21(19)20;;;/h1-13H;2*1H;/q-1;;;+3/p-2. The van der Waals surface area contributed by atoms with Crippen molar-refractivity contribution < 1.29 is 51.0 Å². The second-order valence-electron chi connectivity index (χ2n) is 5.72. The van der Waals surface area contributed by atoms with Crippen LogP contribution in [-0.2, 0) is 26.2 Å². The Balaban J connectivity index is 0.000000694. The van der Waals surface area contributed by atoms with E-state index in [0.717, 1.165) is 0 Å². The molecule has 3 heteroatoms. The predicted molar refractivity (Wildman–Crippen MR) is 92.1 cm³/mol. The summed E-state index contributed by atoms with van der Waals surface area (Å²) in [4.78, 5) is 0. The van der Waals surface area contributed by atoms with Gasteiger partial charge in [0.2, 0.25) is 0 Å². The minimum absolute atomic E-state index is 0. The molecule has 0 atom stereocenters. The quantitative estimate of drug-likeness (QED) is 0.306. The van der Waals surface area contributed by atoms with Gasteiger partial charge in [-0.25, -0.2) is 0 Å². The Morgan fingerprint density at radius 1 is 0.500 bits per heavy atom. The van der Waals surface area contributed by atoms with Crippen molar-refractivity contribution in [1.82, 2.24) is 0 Å². The van der Waals surface area contributed by atoms with Crippen molar-refractivity contribution in [2.24, 2.45) is 0 Å². The van der Waals surface area contributed by atoms with Crippen LogP contribution in [-0.4, -0.2) is 0 Å². The molecule has 0 spiro atoms. The molecule has 24 heavy (non-hydrogen) atoms. The number of fused-ring (bicyclic) bond motifs is 5. The van der Waals surface area contributed by atoms with Crippen molar-refractivity contribution in [3.63, 3.8) is 0 Å². The van der Waals surface area contributed by atoms with Crippen LogP contribution < -0.4 is 24.8 Å². The molecule has 5 aromatic rings. The zero-order valence-electron chi connectivity index (χ0n) is 12.8. The summed E-state index contributed by atoms with van der Waals surface area (Å²) < 4.78 is 0. The van der Waals surface area contributed by atoms with Gasteiger partial charge in [-0.3, -0.25) is 0 Å². The van der Waals surface area contributed by atoms with E-state index in [0.29, 0.717) is 0 Å². The smallest absolute Gasteiger partial charge is 1.00 e. The molecule has 0 aliphatic carbocycles. The average Bonchev–Trinajstić information content (AvgIpc) is 2.87. The summed E-state index contributed by atoms with van der Waals surface area (Å²) in [6.07, 6.45) is 0. The van der Waals surface area contributed by atoms with Gasteiger partial charge in [0, 0.05) is 0 Å². The summed E-state index contributed by atoms with van der Waals surface area (Å²) in [5.41, 5.74) is 0. The second kappa shape index (κ2) is 7.32. The molecule has 1 radical (unpaired) electrons. The molecule has 115 valence electrons. The Bertz CT molecular complexity index is 1050. The van der Waals surface area contributed by atoms with Crippen LogP contribution in [0.5, 0.6) is 0 Å². The molecule has 0 saturated carbocycles. The van der Waals surface area contributed by atoms with Crippen molar-refractivity contribution in [2.75, 3.05) is 0 Å². The monoisotopic (exact) mass is 425 g/mol. The van der Waals surface area contributed by atoms with E-state index in [1.54, 1.807) is 0 Å². The second-order valence-corrected chi connectivity index (χ2v) is 5.72. The van der Waals surface area contributed by atoms with Gasteiger partial charge >= 0.3 is 26.2 Å². The van der Waals surface area contributed by atoms with E-state index >= 15 is 0 Å². The van der Waals surface area contributed by atoms with E-state index in [9.17, 15) is 0 Å². The predicted octanol–water partition coefficient (Wildman–Crippen LogP) is 0.0238. The summed E-state index contributed by atoms with van der Waals surface area (Å²) in [6.45, 7) is 0. The average molecular weight is 427 g/mol. The first kappa shape index (κ1) is 19.1. The zero-order chi connectivity index (χ0) is 13.8.